The highest BCUT2D eigenvalue weighted by Gasteiger charge is 2.09. The van der Waals surface area contributed by atoms with E-state index in [2.05, 4.69) is 15.5 Å². The average molecular weight is 309 g/mol. The number of amides is 1. The summed E-state index contributed by atoms with van der Waals surface area (Å²) in [5, 5.41) is 10.6. The molecule has 0 atom stereocenters. The Kier molecular flexibility index (Phi) is 4.05. The SMILES string of the molecule is COc1ccc(C(=O)Nc2cccc(-c3nnc(C)o3)c2)cc1. The van der Waals surface area contributed by atoms with Crippen molar-refractivity contribution in [2.24, 2.45) is 0 Å². The number of hydrogen-bond acceptors (Lipinski definition) is 5. The Labute approximate surface area is 133 Å². The lowest BCUT2D eigenvalue weighted by Crippen LogP contribution is -2.11. The van der Waals surface area contributed by atoms with E-state index in [0.29, 0.717) is 28.8 Å². The summed E-state index contributed by atoms with van der Waals surface area (Å²) in [5.74, 6) is 1.41. The van der Waals surface area contributed by atoms with Gasteiger partial charge in [0, 0.05) is 23.7 Å². The van der Waals surface area contributed by atoms with Crippen LogP contribution < -0.4 is 10.1 Å². The first-order chi connectivity index (χ1) is 11.2. The second-order valence-corrected chi connectivity index (χ2v) is 4.89. The van der Waals surface area contributed by atoms with Crippen LogP contribution in [0.3, 0.4) is 0 Å². The van der Waals surface area contributed by atoms with E-state index in [1.807, 2.05) is 12.1 Å². The third kappa shape index (κ3) is 3.37. The molecule has 0 aliphatic carbocycles. The summed E-state index contributed by atoms with van der Waals surface area (Å²) >= 11 is 0. The van der Waals surface area contributed by atoms with E-state index in [9.17, 15) is 4.79 Å². The van der Waals surface area contributed by atoms with Crippen molar-refractivity contribution < 1.29 is 13.9 Å². The van der Waals surface area contributed by atoms with Gasteiger partial charge in [0.05, 0.1) is 7.11 Å². The molecule has 3 aromatic rings. The maximum Gasteiger partial charge on any atom is 0.255 e. The molecule has 1 amide bonds. The lowest BCUT2D eigenvalue weighted by atomic mass is 10.1. The second-order valence-electron chi connectivity index (χ2n) is 4.89. The number of methoxy groups -OCH3 is 1. The standard InChI is InChI=1S/C17H15N3O3/c1-11-19-20-17(23-11)13-4-3-5-14(10-13)18-16(21)12-6-8-15(22-2)9-7-12/h3-10H,1-2H3,(H,18,21). The Morgan fingerprint density at radius 3 is 2.57 bits per heavy atom. The van der Waals surface area contributed by atoms with Crippen molar-refractivity contribution in [2.45, 2.75) is 6.92 Å². The van der Waals surface area contributed by atoms with E-state index in [1.54, 1.807) is 50.4 Å². The van der Waals surface area contributed by atoms with Gasteiger partial charge in [-0.2, -0.15) is 0 Å². The van der Waals surface area contributed by atoms with Crippen LogP contribution in [0.15, 0.2) is 52.9 Å². The number of aromatic nitrogens is 2. The molecule has 0 bridgehead atoms. The largest absolute Gasteiger partial charge is 0.497 e. The van der Waals surface area contributed by atoms with Gasteiger partial charge in [0.1, 0.15) is 5.75 Å². The highest BCUT2D eigenvalue weighted by Crippen LogP contribution is 2.22. The van der Waals surface area contributed by atoms with E-state index < -0.39 is 0 Å². The number of nitrogens with zero attached hydrogens (tertiary/aromatic N) is 2. The summed E-state index contributed by atoms with van der Waals surface area (Å²) in [6.07, 6.45) is 0. The fraction of sp³-hybridized carbons (Fsp3) is 0.118. The van der Waals surface area contributed by atoms with Crippen molar-refractivity contribution in [1.82, 2.24) is 10.2 Å². The summed E-state index contributed by atoms with van der Waals surface area (Å²) in [4.78, 5) is 12.3. The van der Waals surface area contributed by atoms with Crippen LogP contribution in [0.4, 0.5) is 5.69 Å². The van der Waals surface area contributed by atoms with Crippen molar-refractivity contribution in [3.63, 3.8) is 0 Å². The lowest BCUT2D eigenvalue weighted by Gasteiger charge is -2.07. The van der Waals surface area contributed by atoms with Crippen LogP contribution in [0.2, 0.25) is 0 Å². The van der Waals surface area contributed by atoms with Gasteiger partial charge in [-0.3, -0.25) is 4.79 Å². The number of ether oxygens (including phenoxy) is 1. The molecule has 1 N–H and O–H groups in total. The van der Waals surface area contributed by atoms with Crippen LogP contribution in [-0.2, 0) is 0 Å². The highest BCUT2D eigenvalue weighted by atomic mass is 16.5. The molecule has 0 saturated carbocycles. The predicted octanol–water partition coefficient (Wildman–Crippen LogP) is 3.31. The van der Waals surface area contributed by atoms with Gasteiger partial charge in [0.25, 0.3) is 5.91 Å². The number of aryl methyl sites for hydroxylation is 1. The summed E-state index contributed by atoms with van der Waals surface area (Å²) in [5.41, 5.74) is 1.95. The Morgan fingerprint density at radius 2 is 1.91 bits per heavy atom. The number of benzene rings is 2. The average Bonchev–Trinajstić information content (AvgIpc) is 3.02. The normalized spacial score (nSPS) is 10.3. The monoisotopic (exact) mass is 309 g/mol. The molecule has 0 fully saturated rings. The van der Waals surface area contributed by atoms with Gasteiger partial charge in [-0.15, -0.1) is 10.2 Å². The first-order valence-electron chi connectivity index (χ1n) is 7.01. The summed E-state index contributed by atoms with van der Waals surface area (Å²) in [6.45, 7) is 1.73. The molecular formula is C17H15N3O3. The van der Waals surface area contributed by atoms with Gasteiger partial charge in [0.15, 0.2) is 0 Å². The van der Waals surface area contributed by atoms with E-state index in [0.717, 1.165) is 5.56 Å². The molecule has 23 heavy (non-hydrogen) atoms. The van der Waals surface area contributed by atoms with E-state index >= 15 is 0 Å². The molecule has 0 saturated heterocycles. The van der Waals surface area contributed by atoms with Crippen molar-refractivity contribution in [3.05, 3.63) is 60.0 Å². The van der Waals surface area contributed by atoms with E-state index in [4.69, 9.17) is 9.15 Å². The minimum Gasteiger partial charge on any atom is -0.497 e. The molecule has 3 rings (SSSR count). The van der Waals surface area contributed by atoms with Crippen LogP contribution >= 0.6 is 0 Å². The number of rotatable bonds is 4. The molecule has 6 nitrogen and oxygen atoms in total. The van der Waals surface area contributed by atoms with Crippen LogP contribution in [0.1, 0.15) is 16.2 Å². The molecule has 6 heteroatoms. The topological polar surface area (TPSA) is 77.2 Å². The van der Waals surface area contributed by atoms with Gasteiger partial charge in [0.2, 0.25) is 11.8 Å². The molecule has 0 unspecified atom stereocenters. The smallest absolute Gasteiger partial charge is 0.255 e. The fourth-order valence-electron chi connectivity index (χ4n) is 2.09. The number of anilines is 1. The second kappa shape index (κ2) is 6.31. The zero-order chi connectivity index (χ0) is 16.2. The van der Waals surface area contributed by atoms with Gasteiger partial charge in [-0.1, -0.05) is 6.07 Å². The zero-order valence-corrected chi connectivity index (χ0v) is 12.7. The minimum atomic E-state index is -0.202. The highest BCUT2D eigenvalue weighted by molar-refractivity contribution is 6.04. The molecule has 2 aromatic carbocycles. The van der Waals surface area contributed by atoms with Crippen LogP contribution in [0, 0.1) is 6.92 Å². The summed E-state index contributed by atoms with van der Waals surface area (Å²) in [6, 6.07) is 14.1. The molecule has 0 spiro atoms. The lowest BCUT2D eigenvalue weighted by molar-refractivity contribution is 0.102. The molecule has 1 aromatic heterocycles. The summed E-state index contributed by atoms with van der Waals surface area (Å²) < 4.78 is 10.5. The van der Waals surface area contributed by atoms with Gasteiger partial charge < -0.3 is 14.5 Å². The number of carbonyl (C=O) groups is 1. The Bertz CT molecular complexity index is 825. The van der Waals surface area contributed by atoms with Gasteiger partial charge in [-0.05, 0) is 42.5 Å². The quantitative estimate of drug-likeness (QED) is 0.800. The van der Waals surface area contributed by atoms with Gasteiger partial charge >= 0.3 is 0 Å². The van der Waals surface area contributed by atoms with E-state index in [-0.39, 0.29) is 5.91 Å². The molecule has 0 aliphatic heterocycles. The van der Waals surface area contributed by atoms with Crippen LogP contribution in [0.5, 0.6) is 5.75 Å². The van der Waals surface area contributed by atoms with Crippen molar-refractivity contribution in [2.75, 3.05) is 12.4 Å². The maximum atomic E-state index is 12.3. The molecular weight excluding hydrogens is 294 g/mol. The first kappa shape index (κ1) is 14.8. The number of nitrogens with one attached hydrogen (secondary N) is 1. The number of carbonyl (C=O) groups excluding carboxylic acids is 1. The minimum absolute atomic E-state index is 0.202. The van der Waals surface area contributed by atoms with Crippen molar-refractivity contribution in [3.8, 4) is 17.2 Å². The molecule has 1 heterocycles. The van der Waals surface area contributed by atoms with Crippen molar-refractivity contribution >= 4 is 11.6 Å². The molecule has 116 valence electrons. The predicted molar refractivity (Wildman–Crippen MR) is 85.4 cm³/mol. The Balaban J connectivity index is 1.78. The Hall–Kier alpha value is -3.15. The zero-order valence-electron chi connectivity index (χ0n) is 12.7. The Morgan fingerprint density at radius 1 is 1.13 bits per heavy atom. The van der Waals surface area contributed by atoms with E-state index in [1.165, 1.54) is 0 Å². The van der Waals surface area contributed by atoms with Crippen LogP contribution in [0.25, 0.3) is 11.5 Å². The van der Waals surface area contributed by atoms with Crippen molar-refractivity contribution in [1.29, 1.82) is 0 Å². The van der Waals surface area contributed by atoms with Crippen LogP contribution in [-0.4, -0.2) is 23.2 Å². The third-order valence-electron chi connectivity index (χ3n) is 3.25. The third-order valence-corrected chi connectivity index (χ3v) is 3.25. The van der Waals surface area contributed by atoms with Gasteiger partial charge in [-0.25, -0.2) is 0 Å². The summed E-state index contributed by atoms with van der Waals surface area (Å²) in [7, 11) is 1.58. The molecule has 0 aliphatic rings. The number of hydrogen-bond donors (Lipinski definition) is 1. The molecule has 0 radical (unpaired) electrons. The first-order valence-corrected chi connectivity index (χ1v) is 7.01. The maximum absolute atomic E-state index is 12.3. The fourth-order valence-corrected chi connectivity index (χ4v) is 2.09.